The third kappa shape index (κ3) is 4.66. The molecule has 2 heterocycles. The van der Waals surface area contributed by atoms with Crippen molar-refractivity contribution in [2.24, 2.45) is 0 Å². The number of hydrogen-bond acceptors (Lipinski definition) is 3. The number of nitrogens with zero attached hydrogens (tertiary/aromatic N) is 2. The lowest BCUT2D eigenvalue weighted by atomic mass is 10.2. The molecule has 3 rings (SSSR count). The van der Waals surface area contributed by atoms with Gasteiger partial charge in [-0.05, 0) is 24.8 Å². The standard InChI is InChI=1S/C19H26N2O2/c22-19(18-10-6-16-23-18)21-14-12-20(13-15-21)11-5-4-9-17-7-2-1-3-8-17/h1-4,7-9,18H,5-6,10-16H2/b9-4+. The zero-order chi connectivity index (χ0) is 15.9. The van der Waals surface area contributed by atoms with Crippen molar-refractivity contribution in [2.45, 2.75) is 25.4 Å². The van der Waals surface area contributed by atoms with E-state index < -0.39 is 0 Å². The Hall–Kier alpha value is -1.65. The van der Waals surface area contributed by atoms with E-state index in [4.69, 9.17) is 4.74 Å². The predicted molar refractivity (Wildman–Crippen MR) is 92.1 cm³/mol. The lowest BCUT2D eigenvalue weighted by molar-refractivity contribution is -0.142. The summed E-state index contributed by atoms with van der Waals surface area (Å²) < 4.78 is 5.50. The van der Waals surface area contributed by atoms with Gasteiger partial charge >= 0.3 is 0 Å². The van der Waals surface area contributed by atoms with Gasteiger partial charge in [0.15, 0.2) is 0 Å². The van der Waals surface area contributed by atoms with Crippen LogP contribution in [0.4, 0.5) is 0 Å². The fourth-order valence-electron chi connectivity index (χ4n) is 3.21. The van der Waals surface area contributed by atoms with Gasteiger partial charge in [0, 0.05) is 39.3 Å². The first kappa shape index (κ1) is 16.2. The average molecular weight is 314 g/mol. The van der Waals surface area contributed by atoms with Crippen LogP contribution in [-0.4, -0.2) is 61.1 Å². The molecule has 0 saturated carbocycles. The summed E-state index contributed by atoms with van der Waals surface area (Å²) in [5.74, 6) is 0.200. The van der Waals surface area contributed by atoms with Gasteiger partial charge in [-0.15, -0.1) is 0 Å². The minimum absolute atomic E-state index is 0.171. The molecule has 124 valence electrons. The van der Waals surface area contributed by atoms with Crippen molar-refractivity contribution in [2.75, 3.05) is 39.3 Å². The van der Waals surface area contributed by atoms with E-state index in [9.17, 15) is 4.79 Å². The molecule has 0 aliphatic carbocycles. The molecule has 0 bridgehead atoms. The summed E-state index contributed by atoms with van der Waals surface area (Å²) in [5.41, 5.74) is 1.25. The fourth-order valence-corrected chi connectivity index (χ4v) is 3.21. The summed E-state index contributed by atoms with van der Waals surface area (Å²) in [5, 5.41) is 0. The molecule has 0 aromatic heterocycles. The van der Waals surface area contributed by atoms with E-state index in [2.05, 4.69) is 41.3 Å². The summed E-state index contributed by atoms with van der Waals surface area (Å²) in [6.45, 7) is 5.41. The van der Waals surface area contributed by atoms with Crippen molar-refractivity contribution in [3.8, 4) is 0 Å². The van der Waals surface area contributed by atoms with E-state index >= 15 is 0 Å². The number of rotatable bonds is 5. The SMILES string of the molecule is O=C(C1CCCO1)N1CCN(CC/C=C/c2ccccc2)CC1. The Morgan fingerprint density at radius 1 is 1.17 bits per heavy atom. The van der Waals surface area contributed by atoms with Gasteiger partial charge < -0.3 is 9.64 Å². The van der Waals surface area contributed by atoms with Crippen LogP contribution in [0.3, 0.4) is 0 Å². The topological polar surface area (TPSA) is 32.8 Å². The lowest BCUT2D eigenvalue weighted by Gasteiger charge is -2.35. The molecule has 0 radical (unpaired) electrons. The van der Waals surface area contributed by atoms with Crippen molar-refractivity contribution in [3.05, 3.63) is 42.0 Å². The summed E-state index contributed by atoms with van der Waals surface area (Å²) in [4.78, 5) is 16.7. The van der Waals surface area contributed by atoms with Gasteiger partial charge in [0.2, 0.25) is 0 Å². The van der Waals surface area contributed by atoms with Crippen LogP contribution in [0.5, 0.6) is 0 Å². The van der Waals surface area contributed by atoms with Gasteiger partial charge in [0.25, 0.3) is 5.91 Å². The molecular formula is C19H26N2O2. The molecule has 23 heavy (non-hydrogen) atoms. The molecule has 4 heteroatoms. The van der Waals surface area contributed by atoms with Gasteiger partial charge in [-0.3, -0.25) is 9.69 Å². The third-order valence-electron chi connectivity index (χ3n) is 4.61. The molecule has 2 aliphatic heterocycles. The largest absolute Gasteiger partial charge is 0.368 e. The van der Waals surface area contributed by atoms with Crippen molar-refractivity contribution < 1.29 is 9.53 Å². The van der Waals surface area contributed by atoms with E-state index in [1.54, 1.807) is 0 Å². The molecule has 2 aliphatic rings. The Bertz CT molecular complexity index is 515. The molecule has 1 amide bonds. The maximum atomic E-state index is 12.3. The second-order valence-electron chi connectivity index (χ2n) is 6.27. The highest BCUT2D eigenvalue weighted by Gasteiger charge is 2.29. The number of carbonyl (C=O) groups excluding carboxylic acids is 1. The molecular weight excluding hydrogens is 288 g/mol. The molecule has 4 nitrogen and oxygen atoms in total. The maximum absolute atomic E-state index is 12.3. The first-order valence-corrected chi connectivity index (χ1v) is 8.67. The van der Waals surface area contributed by atoms with Crippen molar-refractivity contribution >= 4 is 12.0 Å². The van der Waals surface area contributed by atoms with Crippen LogP contribution in [-0.2, 0) is 9.53 Å². The van der Waals surface area contributed by atoms with Gasteiger partial charge in [-0.2, -0.15) is 0 Å². The smallest absolute Gasteiger partial charge is 0.251 e. The predicted octanol–water partition coefficient (Wildman–Crippen LogP) is 2.41. The quantitative estimate of drug-likeness (QED) is 0.837. The zero-order valence-electron chi connectivity index (χ0n) is 13.7. The Balaban J connectivity index is 1.36. The van der Waals surface area contributed by atoms with E-state index in [0.717, 1.165) is 58.6 Å². The number of benzene rings is 1. The minimum Gasteiger partial charge on any atom is -0.368 e. The second kappa shape index (κ2) is 8.27. The summed E-state index contributed by atoms with van der Waals surface area (Å²) >= 11 is 0. The maximum Gasteiger partial charge on any atom is 0.251 e. The number of ether oxygens (including phenoxy) is 1. The average Bonchev–Trinajstić information content (AvgIpc) is 3.14. The van der Waals surface area contributed by atoms with Crippen LogP contribution in [0.2, 0.25) is 0 Å². The van der Waals surface area contributed by atoms with Crippen LogP contribution in [0.15, 0.2) is 36.4 Å². The van der Waals surface area contributed by atoms with Gasteiger partial charge in [0.05, 0.1) is 0 Å². The van der Waals surface area contributed by atoms with E-state index in [-0.39, 0.29) is 12.0 Å². The van der Waals surface area contributed by atoms with Crippen molar-refractivity contribution in [3.63, 3.8) is 0 Å². The molecule has 1 atom stereocenters. The summed E-state index contributed by atoms with van der Waals surface area (Å²) in [6, 6.07) is 10.4. The first-order valence-electron chi connectivity index (χ1n) is 8.67. The van der Waals surface area contributed by atoms with Gasteiger partial charge in [0.1, 0.15) is 6.10 Å². The first-order chi connectivity index (χ1) is 11.3. The summed E-state index contributed by atoms with van der Waals surface area (Å²) in [7, 11) is 0. The van der Waals surface area contributed by atoms with Crippen LogP contribution in [0.25, 0.3) is 6.08 Å². The molecule has 1 aromatic rings. The third-order valence-corrected chi connectivity index (χ3v) is 4.61. The fraction of sp³-hybridized carbons (Fsp3) is 0.526. The van der Waals surface area contributed by atoms with E-state index in [1.807, 2.05) is 11.0 Å². The molecule has 0 N–H and O–H groups in total. The highest BCUT2D eigenvalue weighted by atomic mass is 16.5. The zero-order valence-corrected chi connectivity index (χ0v) is 13.7. The Kier molecular flexibility index (Phi) is 5.83. The van der Waals surface area contributed by atoms with Gasteiger partial charge in [-0.25, -0.2) is 0 Å². The summed E-state index contributed by atoms with van der Waals surface area (Å²) in [6.07, 6.45) is 7.20. The number of piperazine rings is 1. The Labute approximate surface area is 138 Å². The van der Waals surface area contributed by atoms with Gasteiger partial charge in [-0.1, -0.05) is 42.5 Å². The highest BCUT2D eigenvalue weighted by molar-refractivity contribution is 5.81. The Morgan fingerprint density at radius 3 is 2.65 bits per heavy atom. The van der Waals surface area contributed by atoms with E-state index in [0.29, 0.717) is 0 Å². The molecule has 2 saturated heterocycles. The Morgan fingerprint density at radius 2 is 1.96 bits per heavy atom. The highest BCUT2D eigenvalue weighted by Crippen LogP contribution is 2.16. The molecule has 1 aromatic carbocycles. The number of carbonyl (C=O) groups is 1. The second-order valence-corrected chi connectivity index (χ2v) is 6.27. The van der Waals surface area contributed by atoms with Crippen LogP contribution in [0, 0.1) is 0 Å². The number of hydrogen-bond donors (Lipinski definition) is 0. The molecule has 0 spiro atoms. The van der Waals surface area contributed by atoms with E-state index in [1.165, 1.54) is 5.56 Å². The molecule has 1 unspecified atom stereocenters. The number of amides is 1. The van der Waals surface area contributed by atoms with Crippen molar-refractivity contribution in [1.82, 2.24) is 9.80 Å². The van der Waals surface area contributed by atoms with Crippen LogP contribution in [0.1, 0.15) is 24.8 Å². The normalized spacial score (nSPS) is 22.8. The monoisotopic (exact) mass is 314 g/mol. The van der Waals surface area contributed by atoms with Crippen LogP contribution >= 0.6 is 0 Å². The lowest BCUT2D eigenvalue weighted by Crippen LogP contribution is -2.51. The van der Waals surface area contributed by atoms with Crippen molar-refractivity contribution in [1.29, 1.82) is 0 Å². The molecule has 2 fully saturated rings. The minimum atomic E-state index is -0.171. The van der Waals surface area contributed by atoms with Crippen LogP contribution < -0.4 is 0 Å².